The number of benzene rings is 1. The van der Waals surface area contributed by atoms with Gasteiger partial charge in [-0.15, -0.1) is 0 Å². The second-order valence-electron chi connectivity index (χ2n) is 8.73. The molecule has 0 aliphatic carbocycles. The molecule has 7 heteroatoms. The lowest BCUT2D eigenvalue weighted by Crippen LogP contribution is -2.45. The van der Waals surface area contributed by atoms with Crippen molar-refractivity contribution in [2.24, 2.45) is 0 Å². The number of hydrogen-bond acceptors (Lipinski definition) is 5. The number of amides is 1. The molecule has 152 valence electrons. The zero-order chi connectivity index (χ0) is 20.6. The number of carbonyl (C=O) groups excluding carboxylic acids is 1. The van der Waals surface area contributed by atoms with Crippen LogP contribution in [-0.2, 0) is 5.41 Å². The van der Waals surface area contributed by atoms with Gasteiger partial charge in [-0.05, 0) is 31.9 Å². The van der Waals surface area contributed by atoms with Gasteiger partial charge in [0.25, 0.3) is 5.91 Å². The number of hydrogen-bond donors (Lipinski definition) is 0. The maximum Gasteiger partial charge on any atom is 0.256 e. The highest BCUT2D eigenvalue weighted by Crippen LogP contribution is 2.33. The standard InChI is InChI=1S/C22H27N5O2/c1-15-9-10-16(20-23-13-19(29-20)22(2,3)4)14-26(15)21(28)17-7-5-6-8-18(17)27-24-11-12-25-27/h5-8,11-13,15-16H,9-10,14H2,1-4H3. The molecule has 1 amide bonds. The van der Waals surface area contributed by atoms with Crippen molar-refractivity contribution in [2.45, 2.75) is 57.9 Å². The van der Waals surface area contributed by atoms with Gasteiger partial charge in [0.2, 0.25) is 0 Å². The van der Waals surface area contributed by atoms with E-state index in [1.165, 1.54) is 4.80 Å². The Morgan fingerprint density at radius 3 is 2.55 bits per heavy atom. The predicted molar refractivity (Wildman–Crippen MR) is 109 cm³/mol. The van der Waals surface area contributed by atoms with Crippen molar-refractivity contribution < 1.29 is 9.21 Å². The minimum absolute atomic E-state index is 0.0160. The van der Waals surface area contributed by atoms with Gasteiger partial charge in [0, 0.05) is 18.0 Å². The molecule has 0 bridgehead atoms. The van der Waals surface area contributed by atoms with E-state index in [1.807, 2.05) is 35.4 Å². The summed E-state index contributed by atoms with van der Waals surface area (Å²) < 4.78 is 6.07. The molecule has 4 rings (SSSR count). The fourth-order valence-corrected chi connectivity index (χ4v) is 3.74. The molecule has 7 nitrogen and oxygen atoms in total. The first-order valence-electron chi connectivity index (χ1n) is 10.1. The number of oxazole rings is 1. The SMILES string of the molecule is CC1CCC(c2ncc(C(C)(C)C)o2)CN1C(=O)c1ccccc1-n1nccn1. The van der Waals surface area contributed by atoms with Gasteiger partial charge in [-0.2, -0.15) is 15.0 Å². The fraction of sp³-hybridized carbons (Fsp3) is 0.455. The highest BCUT2D eigenvalue weighted by atomic mass is 16.4. The highest BCUT2D eigenvalue weighted by Gasteiger charge is 2.34. The molecule has 3 heterocycles. The van der Waals surface area contributed by atoms with Crippen LogP contribution >= 0.6 is 0 Å². The summed E-state index contributed by atoms with van der Waals surface area (Å²) in [6.45, 7) is 9.01. The molecule has 0 spiro atoms. The quantitative estimate of drug-likeness (QED) is 0.673. The Kier molecular flexibility index (Phi) is 4.98. The summed E-state index contributed by atoms with van der Waals surface area (Å²) in [4.78, 5) is 21.4. The van der Waals surface area contributed by atoms with Crippen LogP contribution in [-0.4, -0.2) is 43.4 Å². The van der Waals surface area contributed by atoms with E-state index in [0.29, 0.717) is 17.8 Å². The second kappa shape index (κ2) is 7.46. The summed E-state index contributed by atoms with van der Waals surface area (Å²) in [7, 11) is 0. The van der Waals surface area contributed by atoms with Crippen LogP contribution in [0.3, 0.4) is 0 Å². The number of para-hydroxylation sites is 1. The first-order valence-corrected chi connectivity index (χ1v) is 10.1. The average Bonchev–Trinajstić information content (AvgIpc) is 3.40. The van der Waals surface area contributed by atoms with Gasteiger partial charge in [0.15, 0.2) is 5.89 Å². The second-order valence-corrected chi connectivity index (χ2v) is 8.73. The van der Waals surface area contributed by atoms with Crippen molar-refractivity contribution >= 4 is 5.91 Å². The summed E-state index contributed by atoms with van der Waals surface area (Å²) in [6.07, 6.45) is 6.90. The molecule has 3 aromatic rings. The number of rotatable bonds is 3. The van der Waals surface area contributed by atoms with Gasteiger partial charge in [-0.1, -0.05) is 32.9 Å². The van der Waals surface area contributed by atoms with E-state index < -0.39 is 0 Å². The lowest BCUT2D eigenvalue weighted by molar-refractivity contribution is 0.0595. The van der Waals surface area contributed by atoms with E-state index in [9.17, 15) is 4.79 Å². The molecule has 0 saturated carbocycles. The molecule has 2 aromatic heterocycles. The summed E-state index contributed by atoms with van der Waals surface area (Å²) in [6, 6.07) is 7.60. The molecule has 1 aliphatic rings. The van der Waals surface area contributed by atoms with Crippen LogP contribution in [0, 0.1) is 0 Å². The zero-order valence-corrected chi connectivity index (χ0v) is 17.4. The molecule has 0 N–H and O–H groups in total. The Morgan fingerprint density at radius 2 is 1.86 bits per heavy atom. The number of nitrogens with zero attached hydrogens (tertiary/aromatic N) is 5. The van der Waals surface area contributed by atoms with E-state index in [1.54, 1.807) is 12.4 Å². The van der Waals surface area contributed by atoms with Gasteiger partial charge in [0.1, 0.15) is 5.76 Å². The Balaban J connectivity index is 1.60. The van der Waals surface area contributed by atoms with Crippen LogP contribution < -0.4 is 0 Å². The lowest BCUT2D eigenvalue weighted by Gasteiger charge is -2.37. The van der Waals surface area contributed by atoms with Gasteiger partial charge in [0.05, 0.1) is 35.8 Å². The molecular formula is C22H27N5O2. The van der Waals surface area contributed by atoms with Crippen molar-refractivity contribution in [3.63, 3.8) is 0 Å². The van der Waals surface area contributed by atoms with E-state index in [4.69, 9.17) is 4.42 Å². The van der Waals surface area contributed by atoms with Crippen LogP contribution in [0.1, 0.15) is 68.5 Å². The molecule has 2 atom stereocenters. The van der Waals surface area contributed by atoms with Gasteiger partial charge in [-0.3, -0.25) is 4.79 Å². The number of aromatic nitrogens is 4. The van der Waals surface area contributed by atoms with E-state index >= 15 is 0 Å². The third kappa shape index (κ3) is 3.81. The van der Waals surface area contributed by atoms with Crippen molar-refractivity contribution in [2.75, 3.05) is 6.54 Å². The van der Waals surface area contributed by atoms with Crippen LogP contribution in [0.4, 0.5) is 0 Å². The van der Waals surface area contributed by atoms with Crippen molar-refractivity contribution in [1.82, 2.24) is 24.9 Å². The topological polar surface area (TPSA) is 77.0 Å². The number of carbonyl (C=O) groups is 1. The van der Waals surface area contributed by atoms with Crippen LogP contribution in [0.5, 0.6) is 0 Å². The normalized spacial score (nSPS) is 20.1. The minimum atomic E-state index is -0.0849. The van der Waals surface area contributed by atoms with E-state index in [-0.39, 0.29) is 23.3 Å². The highest BCUT2D eigenvalue weighted by molar-refractivity contribution is 5.98. The Hall–Kier alpha value is -2.96. The molecule has 1 aromatic carbocycles. The smallest absolute Gasteiger partial charge is 0.256 e. The van der Waals surface area contributed by atoms with Crippen LogP contribution in [0.15, 0.2) is 47.3 Å². The predicted octanol–water partition coefficient (Wildman–Crippen LogP) is 3.96. The first kappa shape index (κ1) is 19.4. The molecule has 1 aliphatic heterocycles. The summed E-state index contributed by atoms with van der Waals surface area (Å²) in [5, 5.41) is 8.38. The molecule has 0 radical (unpaired) electrons. The summed E-state index contributed by atoms with van der Waals surface area (Å²) >= 11 is 0. The van der Waals surface area contributed by atoms with Crippen molar-refractivity contribution in [3.8, 4) is 5.69 Å². The molecule has 1 fully saturated rings. The van der Waals surface area contributed by atoms with Crippen molar-refractivity contribution in [1.29, 1.82) is 0 Å². The lowest BCUT2D eigenvalue weighted by atomic mass is 9.92. The summed E-state index contributed by atoms with van der Waals surface area (Å²) in [5.74, 6) is 1.68. The van der Waals surface area contributed by atoms with E-state index in [2.05, 4.69) is 42.9 Å². The van der Waals surface area contributed by atoms with Gasteiger partial charge in [-0.25, -0.2) is 4.98 Å². The number of piperidine rings is 1. The average molecular weight is 393 g/mol. The largest absolute Gasteiger partial charge is 0.445 e. The van der Waals surface area contributed by atoms with Crippen molar-refractivity contribution in [3.05, 3.63) is 60.1 Å². The Bertz CT molecular complexity index is 987. The Labute approximate surface area is 170 Å². The Morgan fingerprint density at radius 1 is 1.14 bits per heavy atom. The molecular weight excluding hydrogens is 366 g/mol. The fourth-order valence-electron chi connectivity index (χ4n) is 3.74. The third-order valence-corrected chi connectivity index (χ3v) is 5.52. The van der Waals surface area contributed by atoms with Crippen LogP contribution in [0.2, 0.25) is 0 Å². The third-order valence-electron chi connectivity index (χ3n) is 5.52. The monoisotopic (exact) mass is 393 g/mol. The minimum Gasteiger partial charge on any atom is -0.445 e. The maximum absolute atomic E-state index is 13.5. The zero-order valence-electron chi connectivity index (χ0n) is 17.4. The molecule has 2 unspecified atom stereocenters. The molecule has 1 saturated heterocycles. The molecule has 29 heavy (non-hydrogen) atoms. The van der Waals surface area contributed by atoms with Gasteiger partial charge < -0.3 is 9.32 Å². The summed E-state index contributed by atoms with van der Waals surface area (Å²) in [5.41, 5.74) is 1.19. The maximum atomic E-state index is 13.5. The van der Waals surface area contributed by atoms with Gasteiger partial charge >= 0.3 is 0 Å². The van der Waals surface area contributed by atoms with Crippen LogP contribution in [0.25, 0.3) is 5.69 Å². The first-order chi connectivity index (χ1) is 13.8. The number of likely N-dealkylation sites (tertiary alicyclic amines) is 1. The van der Waals surface area contributed by atoms with E-state index in [0.717, 1.165) is 24.5 Å².